The average Bonchev–Trinajstić information content (AvgIpc) is 3.12. The van der Waals surface area contributed by atoms with Crippen LogP contribution in [0, 0.1) is 11.8 Å². The lowest BCUT2D eigenvalue weighted by Crippen LogP contribution is -2.56. The summed E-state index contributed by atoms with van der Waals surface area (Å²) in [6, 6.07) is 0. The molecule has 3 aliphatic rings. The summed E-state index contributed by atoms with van der Waals surface area (Å²) in [5.74, 6) is 4.01. The maximum atomic E-state index is 12.5. The van der Waals surface area contributed by atoms with Crippen LogP contribution in [-0.4, -0.2) is 60.6 Å². The van der Waals surface area contributed by atoms with Crippen LogP contribution in [0.15, 0.2) is 0 Å². The zero-order valence-electron chi connectivity index (χ0n) is 16.1. The molecule has 2 saturated heterocycles. The van der Waals surface area contributed by atoms with Crippen LogP contribution >= 0.6 is 36.6 Å². The lowest BCUT2D eigenvalue weighted by atomic mass is 9.84. The third-order valence-corrected chi connectivity index (χ3v) is 7.47. The number of carbonyl (C=O) groups excluding carboxylic acids is 1. The lowest BCUT2D eigenvalue weighted by molar-refractivity contribution is -0.123. The van der Waals surface area contributed by atoms with E-state index in [4.69, 9.17) is 0 Å². The second kappa shape index (κ2) is 12.0. The van der Waals surface area contributed by atoms with Crippen molar-refractivity contribution in [1.29, 1.82) is 0 Å². The van der Waals surface area contributed by atoms with Crippen LogP contribution < -0.4 is 10.6 Å². The highest BCUT2D eigenvalue weighted by Gasteiger charge is 2.40. The maximum Gasteiger partial charge on any atom is 0.220 e. The minimum atomic E-state index is 0. The fourth-order valence-corrected chi connectivity index (χ4v) is 5.79. The second-order valence-corrected chi connectivity index (χ2v) is 9.30. The summed E-state index contributed by atoms with van der Waals surface area (Å²) >= 11 is 2.07. The molecule has 7 heteroatoms. The molecule has 2 aliphatic heterocycles. The molecule has 1 atom stereocenters. The van der Waals surface area contributed by atoms with E-state index in [2.05, 4.69) is 34.2 Å². The predicted octanol–water partition coefficient (Wildman–Crippen LogP) is 3.33. The van der Waals surface area contributed by atoms with Crippen LogP contribution in [0.4, 0.5) is 0 Å². The van der Waals surface area contributed by atoms with Crippen molar-refractivity contribution < 1.29 is 4.79 Å². The Hall–Kier alpha value is 0.320. The van der Waals surface area contributed by atoms with Gasteiger partial charge < -0.3 is 10.6 Å². The van der Waals surface area contributed by atoms with Crippen LogP contribution in [0.5, 0.6) is 0 Å². The van der Waals surface area contributed by atoms with Gasteiger partial charge in [-0.1, -0.05) is 19.8 Å². The monoisotopic (exact) mass is 425 g/mol. The molecule has 0 bridgehead atoms. The Kier molecular flexibility index (Phi) is 11.2. The normalized spacial score (nSPS) is 25.0. The maximum absolute atomic E-state index is 12.5. The molecule has 2 heterocycles. The molecule has 0 radical (unpaired) electrons. The minimum Gasteiger partial charge on any atom is -0.354 e. The van der Waals surface area contributed by atoms with E-state index in [0.29, 0.717) is 12.3 Å². The fourth-order valence-electron chi connectivity index (χ4n) is 4.88. The summed E-state index contributed by atoms with van der Waals surface area (Å²) in [5, 5.41) is 6.75. The first-order valence-electron chi connectivity index (χ1n) is 10.00. The van der Waals surface area contributed by atoms with Crippen molar-refractivity contribution in [3.8, 4) is 0 Å². The Morgan fingerprint density at radius 2 is 1.81 bits per heavy atom. The molecule has 0 aromatic rings. The quantitative estimate of drug-likeness (QED) is 0.684. The fraction of sp³-hybridized carbons (Fsp3) is 0.947. The number of nitrogens with zero attached hydrogens (tertiary/aromatic N) is 1. The summed E-state index contributed by atoms with van der Waals surface area (Å²) in [5.41, 5.74) is 0.259. The van der Waals surface area contributed by atoms with Gasteiger partial charge in [-0.05, 0) is 50.6 Å². The van der Waals surface area contributed by atoms with Crippen LogP contribution in [0.25, 0.3) is 0 Å². The third kappa shape index (κ3) is 6.44. The van der Waals surface area contributed by atoms with Gasteiger partial charge in [0.1, 0.15) is 0 Å². The van der Waals surface area contributed by atoms with Crippen molar-refractivity contribution in [3.05, 3.63) is 0 Å². The van der Waals surface area contributed by atoms with E-state index in [9.17, 15) is 4.79 Å². The zero-order valence-corrected chi connectivity index (χ0v) is 18.6. The SMILES string of the molecule is CC(CC(=O)NCC1(N2CCSCC2)CCCC1)C1CCNCC1.Cl.Cl. The molecule has 26 heavy (non-hydrogen) atoms. The third-order valence-electron chi connectivity index (χ3n) is 6.53. The first kappa shape index (κ1) is 24.4. The number of thioether (sulfide) groups is 1. The highest BCUT2D eigenvalue weighted by Crippen LogP contribution is 2.36. The molecule has 4 nitrogen and oxygen atoms in total. The van der Waals surface area contributed by atoms with Crippen LogP contribution in [0.1, 0.15) is 51.9 Å². The lowest BCUT2D eigenvalue weighted by Gasteiger charge is -2.43. The van der Waals surface area contributed by atoms with Crippen LogP contribution in [0.2, 0.25) is 0 Å². The molecular weight excluding hydrogens is 389 g/mol. The molecule has 1 saturated carbocycles. The van der Waals surface area contributed by atoms with Gasteiger partial charge in [-0.2, -0.15) is 11.8 Å². The number of rotatable bonds is 6. The average molecular weight is 426 g/mol. The number of nitrogens with one attached hydrogen (secondary N) is 2. The van der Waals surface area contributed by atoms with Gasteiger partial charge in [0.25, 0.3) is 0 Å². The van der Waals surface area contributed by atoms with Gasteiger partial charge in [-0.3, -0.25) is 9.69 Å². The van der Waals surface area contributed by atoms with E-state index in [1.165, 1.54) is 63.1 Å². The molecular formula is C19H37Cl2N3OS. The van der Waals surface area contributed by atoms with Gasteiger partial charge in [0.15, 0.2) is 0 Å². The Morgan fingerprint density at radius 3 is 2.42 bits per heavy atom. The first-order valence-corrected chi connectivity index (χ1v) is 11.2. The number of halogens is 2. The summed E-state index contributed by atoms with van der Waals surface area (Å²) < 4.78 is 0. The summed E-state index contributed by atoms with van der Waals surface area (Å²) in [7, 11) is 0. The van der Waals surface area contributed by atoms with Crippen molar-refractivity contribution in [1.82, 2.24) is 15.5 Å². The Balaban J connectivity index is 0.00000169. The number of hydrogen-bond acceptors (Lipinski definition) is 4. The zero-order chi connectivity index (χ0) is 16.8. The van der Waals surface area contributed by atoms with Crippen molar-refractivity contribution in [2.75, 3.05) is 44.2 Å². The standard InChI is InChI=1S/C19H35N3OS.2ClH/c1-16(17-4-8-20-9-5-17)14-18(23)21-15-19(6-2-3-7-19)22-10-12-24-13-11-22;;/h16-17,20H,2-15H2,1H3,(H,21,23);2*1H. The van der Waals surface area contributed by atoms with E-state index in [-0.39, 0.29) is 36.3 Å². The number of piperidine rings is 1. The van der Waals surface area contributed by atoms with Crippen molar-refractivity contribution in [2.24, 2.45) is 11.8 Å². The molecule has 0 spiro atoms. The van der Waals surface area contributed by atoms with Gasteiger partial charge in [-0.15, -0.1) is 24.8 Å². The number of amides is 1. The van der Waals surface area contributed by atoms with Crippen molar-refractivity contribution in [3.63, 3.8) is 0 Å². The summed E-state index contributed by atoms with van der Waals surface area (Å²) in [6.45, 7) is 7.77. The number of carbonyl (C=O) groups is 1. The smallest absolute Gasteiger partial charge is 0.220 e. The van der Waals surface area contributed by atoms with Crippen LogP contribution in [-0.2, 0) is 4.79 Å². The van der Waals surface area contributed by atoms with E-state index in [0.717, 1.165) is 25.6 Å². The predicted molar refractivity (Wildman–Crippen MR) is 117 cm³/mol. The first-order chi connectivity index (χ1) is 11.7. The largest absolute Gasteiger partial charge is 0.354 e. The molecule has 1 aliphatic carbocycles. The highest BCUT2D eigenvalue weighted by molar-refractivity contribution is 7.99. The summed E-state index contributed by atoms with van der Waals surface area (Å²) in [4.78, 5) is 15.2. The molecule has 3 fully saturated rings. The van der Waals surface area contributed by atoms with Gasteiger partial charge in [0.05, 0.1) is 0 Å². The molecule has 0 aromatic carbocycles. The molecule has 1 unspecified atom stereocenters. The Morgan fingerprint density at radius 1 is 1.19 bits per heavy atom. The Bertz CT molecular complexity index is 410. The molecule has 1 amide bonds. The molecule has 154 valence electrons. The molecule has 0 aromatic heterocycles. The Labute approximate surface area is 176 Å². The number of hydrogen-bond donors (Lipinski definition) is 2. The van der Waals surface area contributed by atoms with Crippen LogP contribution in [0.3, 0.4) is 0 Å². The van der Waals surface area contributed by atoms with Gasteiger partial charge in [0.2, 0.25) is 5.91 Å². The highest BCUT2D eigenvalue weighted by atomic mass is 35.5. The van der Waals surface area contributed by atoms with E-state index < -0.39 is 0 Å². The van der Waals surface area contributed by atoms with E-state index in [1.807, 2.05) is 0 Å². The molecule has 2 N–H and O–H groups in total. The minimum absolute atomic E-state index is 0. The van der Waals surface area contributed by atoms with E-state index in [1.54, 1.807) is 0 Å². The van der Waals surface area contributed by atoms with E-state index >= 15 is 0 Å². The molecule has 3 rings (SSSR count). The van der Waals surface area contributed by atoms with Gasteiger partial charge >= 0.3 is 0 Å². The van der Waals surface area contributed by atoms with Crippen molar-refractivity contribution in [2.45, 2.75) is 57.4 Å². The van der Waals surface area contributed by atoms with Gasteiger partial charge in [-0.25, -0.2) is 0 Å². The van der Waals surface area contributed by atoms with Crippen molar-refractivity contribution >= 4 is 42.5 Å². The topological polar surface area (TPSA) is 44.4 Å². The summed E-state index contributed by atoms with van der Waals surface area (Å²) in [6.07, 6.45) is 8.34. The van der Waals surface area contributed by atoms with Gasteiger partial charge in [0, 0.05) is 43.1 Å². The second-order valence-electron chi connectivity index (χ2n) is 8.08.